The number of aliphatic hydroxyl groups excluding tert-OH is 1. The molecule has 0 aliphatic heterocycles. The molecule has 0 radical (unpaired) electrons. The van der Waals surface area contributed by atoms with Gasteiger partial charge in [0.1, 0.15) is 6.61 Å². The topological polar surface area (TPSA) is 58.6 Å². The van der Waals surface area contributed by atoms with Crippen molar-refractivity contribution in [3.8, 4) is 11.1 Å². The molecular weight excluding hydrogens is 386 g/mol. The summed E-state index contributed by atoms with van der Waals surface area (Å²) >= 11 is 0. The van der Waals surface area contributed by atoms with E-state index >= 15 is 0 Å². The highest BCUT2D eigenvalue weighted by atomic mass is 16.5. The van der Waals surface area contributed by atoms with Crippen LogP contribution in [0, 0.1) is 6.92 Å². The van der Waals surface area contributed by atoms with Gasteiger partial charge in [0.05, 0.1) is 6.61 Å². The Morgan fingerprint density at radius 2 is 1.68 bits per heavy atom. The number of nitrogens with one attached hydrogen (secondary N) is 1. The lowest BCUT2D eigenvalue weighted by Gasteiger charge is -2.14. The van der Waals surface area contributed by atoms with E-state index in [2.05, 4.69) is 29.6 Å². The summed E-state index contributed by atoms with van der Waals surface area (Å²) in [6, 6.07) is 22.5. The minimum Gasteiger partial charge on any atom is -0.449 e. The number of hydrogen-bond acceptors (Lipinski definition) is 3. The van der Waals surface area contributed by atoms with Crippen molar-refractivity contribution < 1.29 is 14.6 Å². The Labute approximate surface area is 183 Å². The zero-order valence-corrected chi connectivity index (χ0v) is 17.7. The molecule has 0 heterocycles. The van der Waals surface area contributed by atoms with E-state index in [1.165, 1.54) is 22.3 Å². The number of carbonyl (C=O) groups excluding carboxylic acids is 1. The van der Waals surface area contributed by atoms with Crippen molar-refractivity contribution in [2.45, 2.75) is 25.9 Å². The molecule has 0 aromatic heterocycles. The molecule has 1 aliphatic rings. The second-order valence-corrected chi connectivity index (χ2v) is 7.73. The standard InChI is InChI=1S/C27H27NO3/c1-19-20(10-8-11-21(19)17-29)9-6-7-16-28-27(30)31-18-26-24-14-4-2-12-22(24)23-13-3-5-15-25(23)26/h2-6,8-15,26,29H,7,16-18H2,1H3,(H,28,30). The first-order valence-electron chi connectivity index (χ1n) is 10.6. The minimum absolute atomic E-state index is 0.0385. The van der Waals surface area contributed by atoms with Crippen LogP contribution >= 0.6 is 0 Å². The maximum absolute atomic E-state index is 12.2. The van der Waals surface area contributed by atoms with Crippen LogP contribution in [-0.4, -0.2) is 24.4 Å². The Morgan fingerprint density at radius 1 is 1.00 bits per heavy atom. The van der Waals surface area contributed by atoms with Crippen LogP contribution < -0.4 is 5.32 Å². The van der Waals surface area contributed by atoms with Crippen molar-refractivity contribution in [3.05, 3.63) is 101 Å². The number of benzene rings is 3. The van der Waals surface area contributed by atoms with Crippen molar-refractivity contribution in [1.82, 2.24) is 5.32 Å². The molecule has 158 valence electrons. The predicted octanol–water partition coefficient (Wildman–Crippen LogP) is 5.43. The van der Waals surface area contributed by atoms with E-state index in [-0.39, 0.29) is 12.5 Å². The molecule has 0 fully saturated rings. The Balaban J connectivity index is 1.28. The molecule has 0 unspecified atom stereocenters. The number of rotatable bonds is 7. The molecule has 0 atom stereocenters. The fourth-order valence-electron chi connectivity index (χ4n) is 4.17. The van der Waals surface area contributed by atoms with Gasteiger partial charge in [0.2, 0.25) is 0 Å². The first-order valence-corrected chi connectivity index (χ1v) is 10.6. The van der Waals surface area contributed by atoms with Crippen LogP contribution in [0.2, 0.25) is 0 Å². The van der Waals surface area contributed by atoms with Crippen LogP contribution in [0.5, 0.6) is 0 Å². The molecule has 0 spiro atoms. The van der Waals surface area contributed by atoms with Gasteiger partial charge in [-0.05, 0) is 52.3 Å². The second-order valence-electron chi connectivity index (χ2n) is 7.73. The van der Waals surface area contributed by atoms with E-state index in [1.807, 2.05) is 61.5 Å². The van der Waals surface area contributed by atoms with Crippen molar-refractivity contribution in [1.29, 1.82) is 0 Å². The summed E-state index contributed by atoms with van der Waals surface area (Å²) in [5.41, 5.74) is 7.94. The minimum atomic E-state index is -0.395. The quantitative estimate of drug-likeness (QED) is 0.508. The molecule has 2 N–H and O–H groups in total. The lowest BCUT2D eigenvalue weighted by molar-refractivity contribution is 0.143. The van der Waals surface area contributed by atoms with E-state index in [0.717, 1.165) is 16.7 Å². The molecular formula is C27H27NO3. The Hall–Kier alpha value is -3.37. The van der Waals surface area contributed by atoms with E-state index in [4.69, 9.17) is 4.74 Å². The van der Waals surface area contributed by atoms with Crippen LogP contribution in [0.25, 0.3) is 17.2 Å². The molecule has 3 aromatic carbocycles. The number of hydrogen-bond donors (Lipinski definition) is 2. The van der Waals surface area contributed by atoms with Gasteiger partial charge < -0.3 is 15.2 Å². The second kappa shape index (κ2) is 9.63. The van der Waals surface area contributed by atoms with Gasteiger partial charge in [-0.3, -0.25) is 0 Å². The number of alkyl carbamates (subject to hydrolysis) is 1. The molecule has 4 nitrogen and oxygen atoms in total. The largest absolute Gasteiger partial charge is 0.449 e. The average molecular weight is 414 g/mol. The van der Waals surface area contributed by atoms with Gasteiger partial charge in [0.25, 0.3) is 0 Å². The lowest BCUT2D eigenvalue weighted by Crippen LogP contribution is -2.26. The highest BCUT2D eigenvalue weighted by molar-refractivity contribution is 5.79. The van der Waals surface area contributed by atoms with Gasteiger partial charge in [-0.15, -0.1) is 0 Å². The number of ether oxygens (including phenoxy) is 1. The molecule has 1 amide bonds. The summed E-state index contributed by atoms with van der Waals surface area (Å²) in [5, 5.41) is 12.2. The van der Waals surface area contributed by atoms with Crippen molar-refractivity contribution >= 4 is 12.2 Å². The third kappa shape index (κ3) is 4.54. The summed E-state index contributed by atoms with van der Waals surface area (Å²) in [6.07, 6.45) is 4.35. The molecule has 31 heavy (non-hydrogen) atoms. The Morgan fingerprint density at radius 3 is 2.35 bits per heavy atom. The van der Waals surface area contributed by atoms with Crippen molar-refractivity contribution in [2.24, 2.45) is 0 Å². The lowest BCUT2D eigenvalue weighted by atomic mass is 9.98. The SMILES string of the molecule is Cc1c(C=CCCNC(=O)OCC2c3ccccc3-c3ccccc32)cccc1CO. The highest BCUT2D eigenvalue weighted by Crippen LogP contribution is 2.44. The van der Waals surface area contributed by atoms with E-state index in [0.29, 0.717) is 19.6 Å². The monoisotopic (exact) mass is 413 g/mol. The zero-order chi connectivity index (χ0) is 21.6. The fourth-order valence-corrected chi connectivity index (χ4v) is 4.17. The van der Waals surface area contributed by atoms with Gasteiger partial charge >= 0.3 is 6.09 Å². The van der Waals surface area contributed by atoms with Gasteiger partial charge in [0.15, 0.2) is 0 Å². The summed E-state index contributed by atoms with van der Waals surface area (Å²) < 4.78 is 5.55. The predicted molar refractivity (Wildman–Crippen MR) is 124 cm³/mol. The van der Waals surface area contributed by atoms with Gasteiger partial charge in [0, 0.05) is 12.5 Å². The first-order chi connectivity index (χ1) is 15.2. The van der Waals surface area contributed by atoms with Crippen molar-refractivity contribution in [3.63, 3.8) is 0 Å². The average Bonchev–Trinajstić information content (AvgIpc) is 3.12. The summed E-state index contributed by atoms with van der Waals surface area (Å²) in [5.74, 6) is 0.0693. The molecule has 4 rings (SSSR count). The van der Waals surface area contributed by atoms with Crippen LogP contribution in [0.1, 0.15) is 40.2 Å². The molecule has 4 heteroatoms. The van der Waals surface area contributed by atoms with Gasteiger partial charge in [-0.2, -0.15) is 0 Å². The highest BCUT2D eigenvalue weighted by Gasteiger charge is 2.28. The maximum atomic E-state index is 12.2. The van der Waals surface area contributed by atoms with Gasteiger partial charge in [-0.25, -0.2) is 4.79 Å². The zero-order valence-electron chi connectivity index (χ0n) is 17.7. The summed E-state index contributed by atoms with van der Waals surface area (Å²) in [6.45, 7) is 2.87. The van der Waals surface area contributed by atoms with E-state index in [1.54, 1.807) is 0 Å². The normalized spacial score (nSPS) is 12.6. The first kappa shape index (κ1) is 20.9. The smallest absolute Gasteiger partial charge is 0.407 e. The molecule has 1 aliphatic carbocycles. The molecule has 0 saturated carbocycles. The molecule has 3 aromatic rings. The number of aliphatic hydroxyl groups is 1. The third-order valence-electron chi connectivity index (χ3n) is 5.88. The van der Waals surface area contributed by atoms with Crippen LogP contribution in [-0.2, 0) is 11.3 Å². The number of amides is 1. The third-order valence-corrected chi connectivity index (χ3v) is 5.88. The molecule has 0 bridgehead atoms. The van der Waals surface area contributed by atoms with E-state index < -0.39 is 6.09 Å². The fraction of sp³-hybridized carbons (Fsp3) is 0.222. The summed E-state index contributed by atoms with van der Waals surface area (Å²) in [7, 11) is 0. The number of fused-ring (bicyclic) bond motifs is 3. The van der Waals surface area contributed by atoms with E-state index in [9.17, 15) is 9.90 Å². The van der Waals surface area contributed by atoms with Crippen LogP contribution in [0.15, 0.2) is 72.8 Å². The Bertz CT molecular complexity index is 1060. The Kier molecular flexibility index (Phi) is 6.48. The van der Waals surface area contributed by atoms with Gasteiger partial charge in [-0.1, -0.05) is 78.9 Å². The number of carbonyl (C=O) groups is 1. The molecule has 0 saturated heterocycles. The maximum Gasteiger partial charge on any atom is 0.407 e. The van der Waals surface area contributed by atoms with Crippen LogP contribution in [0.4, 0.5) is 4.79 Å². The van der Waals surface area contributed by atoms with Crippen molar-refractivity contribution in [2.75, 3.05) is 13.2 Å². The summed E-state index contributed by atoms with van der Waals surface area (Å²) in [4.78, 5) is 12.2. The van der Waals surface area contributed by atoms with Crippen LogP contribution in [0.3, 0.4) is 0 Å².